The zero-order valence-corrected chi connectivity index (χ0v) is 14.0. The van der Waals surface area contributed by atoms with Crippen LogP contribution in [-0.4, -0.2) is 11.5 Å². The lowest BCUT2D eigenvalue weighted by Crippen LogP contribution is -2.24. The van der Waals surface area contributed by atoms with Crippen LogP contribution in [0.5, 0.6) is 0 Å². The first-order valence-electron chi connectivity index (χ1n) is 7.45. The molecule has 1 heterocycles. The van der Waals surface area contributed by atoms with Crippen molar-refractivity contribution in [2.24, 2.45) is 0 Å². The minimum Gasteiger partial charge on any atom is -0.306 e. The first-order valence-corrected chi connectivity index (χ1v) is 7.83. The third-order valence-corrected chi connectivity index (χ3v) is 4.22. The number of nitrogens with zero attached hydrogens (tertiary/aromatic N) is 1. The van der Waals surface area contributed by atoms with Crippen LogP contribution < -0.4 is 5.32 Å². The molecule has 0 fully saturated rings. The fourth-order valence-corrected chi connectivity index (χ4v) is 2.82. The highest BCUT2D eigenvalue weighted by molar-refractivity contribution is 6.31. The third-order valence-electron chi connectivity index (χ3n) is 3.91. The molecule has 1 unspecified atom stereocenters. The van der Waals surface area contributed by atoms with Gasteiger partial charge in [-0.15, -0.1) is 0 Å². The molecule has 0 saturated carbocycles. The molecule has 0 aliphatic heterocycles. The molecule has 112 valence electrons. The molecule has 1 aromatic carbocycles. The second-order valence-electron chi connectivity index (χ2n) is 5.58. The minimum absolute atomic E-state index is 0.111. The topological polar surface area (TPSA) is 24.9 Å². The maximum absolute atomic E-state index is 6.37. The summed E-state index contributed by atoms with van der Waals surface area (Å²) in [4.78, 5) is 4.10. The molecular weight excluding hydrogens is 280 g/mol. The smallest absolute Gasteiger partial charge is 0.0640 e. The van der Waals surface area contributed by atoms with Crippen molar-refractivity contribution in [1.82, 2.24) is 10.3 Å². The maximum atomic E-state index is 6.37. The van der Waals surface area contributed by atoms with Gasteiger partial charge in [0.1, 0.15) is 0 Å². The Labute approximate surface area is 132 Å². The quantitative estimate of drug-likeness (QED) is 0.862. The van der Waals surface area contributed by atoms with Gasteiger partial charge in [0.2, 0.25) is 0 Å². The van der Waals surface area contributed by atoms with Gasteiger partial charge < -0.3 is 5.32 Å². The van der Waals surface area contributed by atoms with Crippen molar-refractivity contribution in [2.75, 3.05) is 6.54 Å². The molecule has 2 nitrogen and oxygen atoms in total. The van der Waals surface area contributed by atoms with Crippen LogP contribution in [0.3, 0.4) is 0 Å². The van der Waals surface area contributed by atoms with E-state index in [-0.39, 0.29) is 6.04 Å². The lowest BCUT2D eigenvalue weighted by Gasteiger charge is -2.23. The number of hydrogen-bond acceptors (Lipinski definition) is 2. The number of halogens is 1. The second-order valence-corrected chi connectivity index (χ2v) is 5.98. The predicted molar refractivity (Wildman–Crippen MR) is 90.0 cm³/mol. The molecule has 1 N–H and O–H groups in total. The summed E-state index contributed by atoms with van der Waals surface area (Å²) in [5.41, 5.74) is 6.31. The molecule has 0 bridgehead atoms. The Balaban J connectivity index is 2.51. The Bertz CT molecular complexity index is 623. The molecule has 0 amide bonds. The number of hydrogen-bond donors (Lipinski definition) is 1. The highest BCUT2D eigenvalue weighted by Gasteiger charge is 2.18. The van der Waals surface area contributed by atoms with E-state index in [4.69, 9.17) is 11.6 Å². The van der Waals surface area contributed by atoms with E-state index in [1.807, 2.05) is 6.07 Å². The van der Waals surface area contributed by atoms with Gasteiger partial charge in [-0.25, -0.2) is 0 Å². The summed E-state index contributed by atoms with van der Waals surface area (Å²) in [6.45, 7) is 9.60. The van der Waals surface area contributed by atoms with Gasteiger partial charge in [-0.1, -0.05) is 30.7 Å². The second kappa shape index (κ2) is 7.06. The standard InChI is InChI=1S/C18H23ClN2/c1-5-7-21-18(15-6-8-20-11-17(15)19)16-10-13(3)12(2)9-14(16)4/h6,8-11,18,21H,5,7H2,1-4H3. The molecule has 1 aromatic heterocycles. The molecule has 0 saturated heterocycles. The summed E-state index contributed by atoms with van der Waals surface area (Å²) in [6.07, 6.45) is 4.61. The van der Waals surface area contributed by atoms with Crippen molar-refractivity contribution >= 4 is 11.6 Å². The van der Waals surface area contributed by atoms with E-state index in [1.54, 1.807) is 12.4 Å². The highest BCUT2D eigenvalue weighted by Crippen LogP contribution is 2.31. The van der Waals surface area contributed by atoms with Crippen LogP contribution >= 0.6 is 11.6 Å². The average molecular weight is 303 g/mol. The van der Waals surface area contributed by atoms with Crippen molar-refractivity contribution in [3.05, 3.63) is 63.4 Å². The van der Waals surface area contributed by atoms with Crippen molar-refractivity contribution in [3.63, 3.8) is 0 Å². The molecule has 0 radical (unpaired) electrons. The minimum atomic E-state index is 0.111. The van der Waals surface area contributed by atoms with Crippen LogP contribution in [0, 0.1) is 20.8 Å². The lowest BCUT2D eigenvalue weighted by molar-refractivity contribution is 0.595. The molecule has 3 heteroatoms. The van der Waals surface area contributed by atoms with Gasteiger partial charge in [0.15, 0.2) is 0 Å². The van der Waals surface area contributed by atoms with Gasteiger partial charge in [-0.3, -0.25) is 4.98 Å². The van der Waals surface area contributed by atoms with E-state index in [0.717, 1.165) is 18.5 Å². The maximum Gasteiger partial charge on any atom is 0.0640 e. The average Bonchev–Trinajstić information content (AvgIpc) is 2.46. The van der Waals surface area contributed by atoms with E-state index >= 15 is 0 Å². The zero-order chi connectivity index (χ0) is 15.4. The van der Waals surface area contributed by atoms with Crippen molar-refractivity contribution < 1.29 is 0 Å². The Morgan fingerprint density at radius 2 is 1.81 bits per heavy atom. The molecule has 21 heavy (non-hydrogen) atoms. The number of aryl methyl sites for hydroxylation is 3. The van der Waals surface area contributed by atoms with Crippen LogP contribution in [-0.2, 0) is 0 Å². The SMILES string of the molecule is CCCNC(c1cc(C)c(C)cc1C)c1ccncc1Cl. The van der Waals surface area contributed by atoms with E-state index < -0.39 is 0 Å². The van der Waals surface area contributed by atoms with Crippen molar-refractivity contribution in [1.29, 1.82) is 0 Å². The van der Waals surface area contributed by atoms with Gasteiger partial charge in [-0.05, 0) is 67.6 Å². The summed E-state index contributed by atoms with van der Waals surface area (Å²) < 4.78 is 0. The molecule has 2 rings (SSSR count). The summed E-state index contributed by atoms with van der Waals surface area (Å²) >= 11 is 6.37. The normalized spacial score (nSPS) is 12.4. The van der Waals surface area contributed by atoms with Crippen LogP contribution in [0.4, 0.5) is 0 Å². The van der Waals surface area contributed by atoms with Gasteiger partial charge in [0, 0.05) is 12.4 Å². The summed E-state index contributed by atoms with van der Waals surface area (Å²) in [6, 6.07) is 6.64. The molecule has 0 aliphatic rings. The van der Waals surface area contributed by atoms with E-state index in [9.17, 15) is 0 Å². The molecule has 1 atom stereocenters. The Morgan fingerprint density at radius 1 is 1.10 bits per heavy atom. The number of pyridine rings is 1. The number of benzene rings is 1. The first-order chi connectivity index (χ1) is 10.0. The number of nitrogens with one attached hydrogen (secondary N) is 1. The molecule has 0 aliphatic carbocycles. The number of aromatic nitrogens is 1. The highest BCUT2D eigenvalue weighted by atomic mass is 35.5. The van der Waals surface area contributed by atoms with E-state index in [1.165, 1.54) is 22.3 Å². The molecule has 0 spiro atoms. The van der Waals surface area contributed by atoms with Crippen molar-refractivity contribution in [2.45, 2.75) is 40.2 Å². The van der Waals surface area contributed by atoms with E-state index in [0.29, 0.717) is 5.02 Å². The largest absolute Gasteiger partial charge is 0.306 e. The zero-order valence-electron chi connectivity index (χ0n) is 13.2. The predicted octanol–water partition coefficient (Wildman–Crippen LogP) is 4.75. The van der Waals surface area contributed by atoms with Crippen LogP contribution in [0.15, 0.2) is 30.6 Å². The van der Waals surface area contributed by atoms with Crippen molar-refractivity contribution in [3.8, 4) is 0 Å². The Kier molecular flexibility index (Phi) is 5.38. The summed E-state index contributed by atoms with van der Waals surface area (Å²) in [7, 11) is 0. The van der Waals surface area contributed by atoms with Crippen LogP contribution in [0.25, 0.3) is 0 Å². The fourth-order valence-electron chi connectivity index (χ4n) is 2.59. The van der Waals surface area contributed by atoms with Gasteiger partial charge in [0.05, 0.1) is 11.1 Å². The van der Waals surface area contributed by atoms with Gasteiger partial charge >= 0.3 is 0 Å². The lowest BCUT2D eigenvalue weighted by atomic mass is 9.92. The Morgan fingerprint density at radius 3 is 2.48 bits per heavy atom. The monoisotopic (exact) mass is 302 g/mol. The van der Waals surface area contributed by atoms with Crippen LogP contribution in [0.1, 0.15) is 47.2 Å². The summed E-state index contributed by atoms with van der Waals surface area (Å²) in [5, 5.41) is 4.33. The molecule has 2 aromatic rings. The third kappa shape index (κ3) is 3.63. The number of rotatable bonds is 5. The fraction of sp³-hybridized carbons (Fsp3) is 0.389. The van der Waals surface area contributed by atoms with Gasteiger partial charge in [0.25, 0.3) is 0 Å². The van der Waals surface area contributed by atoms with Crippen LogP contribution in [0.2, 0.25) is 5.02 Å². The summed E-state index contributed by atoms with van der Waals surface area (Å²) in [5.74, 6) is 0. The molecular formula is C18H23ClN2. The first kappa shape index (κ1) is 16.0. The Hall–Kier alpha value is -1.38. The van der Waals surface area contributed by atoms with Gasteiger partial charge in [-0.2, -0.15) is 0 Å². The van der Waals surface area contributed by atoms with E-state index in [2.05, 4.69) is 50.1 Å².